The molecule has 2 aromatic carbocycles. The van der Waals surface area contributed by atoms with E-state index in [0.29, 0.717) is 27.8 Å². The van der Waals surface area contributed by atoms with Crippen molar-refractivity contribution in [3.63, 3.8) is 0 Å². The molecule has 32 heavy (non-hydrogen) atoms. The summed E-state index contributed by atoms with van der Waals surface area (Å²) in [7, 11) is 3.14. The predicted molar refractivity (Wildman–Crippen MR) is 119 cm³/mol. The van der Waals surface area contributed by atoms with E-state index in [1.165, 1.54) is 15.4 Å². The maximum atomic E-state index is 13.1. The minimum Gasteiger partial charge on any atom is -0.493 e. The first-order valence-electron chi connectivity index (χ1n) is 9.65. The van der Waals surface area contributed by atoms with Crippen LogP contribution < -0.4 is 15.0 Å². The lowest BCUT2D eigenvalue weighted by Crippen LogP contribution is -2.23. The molecule has 0 fully saturated rings. The molecule has 0 N–H and O–H groups in total. The summed E-state index contributed by atoms with van der Waals surface area (Å²) in [6, 6.07) is 12.8. The third-order valence-corrected chi connectivity index (χ3v) is 5.39. The molecule has 0 aliphatic heterocycles. The molecule has 0 unspecified atom stereocenters. The Kier molecular flexibility index (Phi) is 4.95. The first-order valence-corrected chi connectivity index (χ1v) is 10.0. The van der Waals surface area contributed by atoms with Crippen molar-refractivity contribution >= 4 is 28.4 Å². The fraction of sp³-hybridized carbons (Fsp3) is 0.136. The minimum atomic E-state index is -0.317. The summed E-state index contributed by atoms with van der Waals surface area (Å²) in [5.41, 5.74) is 3.17. The second-order valence-corrected chi connectivity index (χ2v) is 7.48. The van der Waals surface area contributed by atoms with Crippen LogP contribution in [-0.4, -0.2) is 43.6 Å². The number of hydrogen-bond donors (Lipinski definition) is 0. The highest BCUT2D eigenvalue weighted by molar-refractivity contribution is 6.30. The van der Waals surface area contributed by atoms with Crippen LogP contribution in [0.3, 0.4) is 0 Å². The molecule has 0 amide bonds. The number of nitrogens with zero attached hydrogens (tertiary/aromatic N) is 6. The van der Waals surface area contributed by atoms with Gasteiger partial charge in [-0.1, -0.05) is 29.8 Å². The summed E-state index contributed by atoms with van der Waals surface area (Å²) in [5, 5.41) is 13.4. The number of halogens is 1. The number of fused-ring (bicyclic) bond motifs is 3. The van der Waals surface area contributed by atoms with E-state index in [0.717, 1.165) is 16.7 Å². The highest BCUT2D eigenvalue weighted by atomic mass is 35.5. The fourth-order valence-electron chi connectivity index (χ4n) is 3.52. The standard InChI is InChI=1S/C22H17ClN6O3/c1-31-17-8-3-13(9-18(17)32-2)11-28-12-24-21-19(22(28)30)26-27-20-16(10-25-29(20)21)14-4-6-15(23)7-5-14/h3-10,12H,11H2,1-2H3. The quantitative estimate of drug-likeness (QED) is 0.407. The van der Waals surface area contributed by atoms with Gasteiger partial charge in [-0.25, -0.2) is 4.98 Å². The zero-order valence-corrected chi connectivity index (χ0v) is 17.9. The molecule has 5 rings (SSSR count). The van der Waals surface area contributed by atoms with Gasteiger partial charge in [0.15, 0.2) is 28.3 Å². The largest absolute Gasteiger partial charge is 0.493 e. The maximum Gasteiger partial charge on any atom is 0.283 e. The molecule has 0 aliphatic rings. The first kappa shape index (κ1) is 20.0. The molecule has 9 nitrogen and oxygen atoms in total. The van der Waals surface area contributed by atoms with Gasteiger partial charge in [-0.15, -0.1) is 10.2 Å². The summed E-state index contributed by atoms with van der Waals surface area (Å²) in [4.78, 5) is 17.5. The minimum absolute atomic E-state index is 0.131. The van der Waals surface area contributed by atoms with Gasteiger partial charge >= 0.3 is 0 Å². The van der Waals surface area contributed by atoms with Gasteiger partial charge in [-0.2, -0.15) is 9.61 Å². The number of ether oxygens (including phenoxy) is 2. The van der Waals surface area contributed by atoms with E-state index in [9.17, 15) is 4.79 Å². The van der Waals surface area contributed by atoms with Crippen molar-refractivity contribution in [2.75, 3.05) is 14.2 Å². The molecule has 0 aliphatic carbocycles. The zero-order valence-electron chi connectivity index (χ0n) is 17.2. The number of benzene rings is 2. The fourth-order valence-corrected chi connectivity index (χ4v) is 3.65. The van der Waals surface area contributed by atoms with Crippen LogP contribution in [0.25, 0.3) is 27.9 Å². The third kappa shape index (κ3) is 3.32. The monoisotopic (exact) mass is 448 g/mol. The van der Waals surface area contributed by atoms with Crippen LogP contribution in [0.4, 0.5) is 0 Å². The van der Waals surface area contributed by atoms with Crippen LogP contribution in [0.1, 0.15) is 5.56 Å². The Morgan fingerprint density at radius 2 is 1.75 bits per heavy atom. The average molecular weight is 449 g/mol. The smallest absolute Gasteiger partial charge is 0.283 e. The van der Waals surface area contributed by atoms with E-state index >= 15 is 0 Å². The SMILES string of the molecule is COc1ccc(Cn2cnc3c(nnc4c(-c5ccc(Cl)cc5)cnn43)c2=O)cc1OC. The Bertz CT molecular complexity index is 1510. The molecule has 0 saturated heterocycles. The topological polar surface area (TPSA) is 96.4 Å². The van der Waals surface area contributed by atoms with Crippen LogP contribution in [0.5, 0.6) is 11.5 Å². The zero-order chi connectivity index (χ0) is 22.2. The molecule has 0 saturated carbocycles. The van der Waals surface area contributed by atoms with Crippen molar-refractivity contribution < 1.29 is 9.47 Å². The summed E-state index contributed by atoms with van der Waals surface area (Å²) >= 11 is 5.98. The Labute approximate surface area is 186 Å². The van der Waals surface area contributed by atoms with Crippen molar-refractivity contribution in [3.05, 3.63) is 75.9 Å². The number of hydrogen-bond acceptors (Lipinski definition) is 7. The average Bonchev–Trinajstić information content (AvgIpc) is 3.25. The lowest BCUT2D eigenvalue weighted by Gasteiger charge is -2.11. The molecule has 160 valence electrons. The van der Waals surface area contributed by atoms with Gasteiger partial charge in [-0.3, -0.25) is 9.36 Å². The lowest BCUT2D eigenvalue weighted by molar-refractivity contribution is 0.354. The number of rotatable bonds is 5. The van der Waals surface area contributed by atoms with Crippen LogP contribution in [0, 0.1) is 0 Å². The van der Waals surface area contributed by atoms with Crippen molar-refractivity contribution in [2.45, 2.75) is 6.54 Å². The van der Waals surface area contributed by atoms with E-state index in [-0.39, 0.29) is 17.6 Å². The normalized spacial score (nSPS) is 11.2. The molecule has 3 heterocycles. The highest BCUT2D eigenvalue weighted by Crippen LogP contribution is 2.28. The van der Waals surface area contributed by atoms with E-state index in [4.69, 9.17) is 21.1 Å². The van der Waals surface area contributed by atoms with E-state index in [1.807, 2.05) is 24.3 Å². The second kappa shape index (κ2) is 7.93. The van der Waals surface area contributed by atoms with Crippen LogP contribution in [0.15, 0.2) is 59.8 Å². The van der Waals surface area contributed by atoms with E-state index in [1.54, 1.807) is 38.6 Å². The molecule has 10 heteroatoms. The number of aromatic nitrogens is 6. The van der Waals surface area contributed by atoms with Crippen LogP contribution in [-0.2, 0) is 6.54 Å². The Morgan fingerprint density at radius 1 is 0.969 bits per heavy atom. The van der Waals surface area contributed by atoms with Crippen LogP contribution >= 0.6 is 11.6 Å². The van der Waals surface area contributed by atoms with Gasteiger partial charge in [0.1, 0.15) is 6.33 Å². The summed E-state index contributed by atoms with van der Waals surface area (Å²) in [6.45, 7) is 0.289. The molecular formula is C22H17ClN6O3. The van der Waals surface area contributed by atoms with Gasteiger partial charge in [0.2, 0.25) is 0 Å². The van der Waals surface area contributed by atoms with Crippen molar-refractivity contribution in [1.82, 2.24) is 29.4 Å². The van der Waals surface area contributed by atoms with Crippen molar-refractivity contribution in [2.24, 2.45) is 0 Å². The van der Waals surface area contributed by atoms with Crippen molar-refractivity contribution in [3.8, 4) is 22.6 Å². The summed E-state index contributed by atoms with van der Waals surface area (Å²) < 4.78 is 13.6. The van der Waals surface area contributed by atoms with E-state index < -0.39 is 0 Å². The van der Waals surface area contributed by atoms with Gasteiger partial charge in [-0.05, 0) is 35.4 Å². The molecular weight excluding hydrogens is 432 g/mol. The molecule has 3 aromatic heterocycles. The first-order chi connectivity index (χ1) is 15.6. The summed E-state index contributed by atoms with van der Waals surface area (Å²) in [5.74, 6) is 1.20. The van der Waals surface area contributed by atoms with Gasteiger partial charge < -0.3 is 9.47 Å². The Balaban J connectivity index is 1.56. The molecule has 0 bridgehead atoms. The lowest BCUT2D eigenvalue weighted by atomic mass is 10.1. The molecule has 0 radical (unpaired) electrons. The Morgan fingerprint density at radius 3 is 2.50 bits per heavy atom. The van der Waals surface area contributed by atoms with Crippen LogP contribution in [0.2, 0.25) is 5.02 Å². The van der Waals surface area contributed by atoms with Crippen molar-refractivity contribution in [1.29, 1.82) is 0 Å². The van der Waals surface area contributed by atoms with Gasteiger partial charge in [0.05, 0.1) is 27.0 Å². The molecule has 0 atom stereocenters. The Hall–Kier alpha value is -3.98. The summed E-state index contributed by atoms with van der Waals surface area (Å²) in [6.07, 6.45) is 3.15. The predicted octanol–water partition coefficient (Wildman–Crippen LogP) is 3.22. The van der Waals surface area contributed by atoms with E-state index in [2.05, 4.69) is 20.3 Å². The molecule has 0 spiro atoms. The number of methoxy groups -OCH3 is 2. The molecule has 5 aromatic rings. The van der Waals surface area contributed by atoms with Gasteiger partial charge in [0.25, 0.3) is 5.56 Å². The second-order valence-electron chi connectivity index (χ2n) is 7.04. The highest BCUT2D eigenvalue weighted by Gasteiger charge is 2.16. The maximum absolute atomic E-state index is 13.1. The van der Waals surface area contributed by atoms with Gasteiger partial charge in [0, 0.05) is 10.6 Å². The third-order valence-electron chi connectivity index (χ3n) is 5.14.